The number of aromatic nitrogens is 1. The number of carbonyl (C=O) groups is 1. The highest BCUT2D eigenvalue weighted by Crippen LogP contribution is 2.48. The number of benzene rings is 2. The van der Waals surface area contributed by atoms with Gasteiger partial charge in [-0.3, -0.25) is 9.78 Å². The molecule has 0 spiro atoms. The molecule has 3 aromatic rings. The van der Waals surface area contributed by atoms with Gasteiger partial charge in [-0.2, -0.15) is 5.10 Å². The van der Waals surface area contributed by atoms with Gasteiger partial charge in [-0.15, -0.1) is 0 Å². The topological polar surface area (TPSA) is 45.6 Å². The van der Waals surface area contributed by atoms with Gasteiger partial charge in [0, 0.05) is 36.3 Å². The Bertz CT molecular complexity index is 1060. The third-order valence-corrected chi connectivity index (χ3v) is 5.72. The van der Waals surface area contributed by atoms with E-state index in [-0.39, 0.29) is 17.2 Å². The van der Waals surface area contributed by atoms with E-state index in [1.165, 1.54) is 16.1 Å². The first-order valence-corrected chi connectivity index (χ1v) is 10.1. The lowest BCUT2D eigenvalue weighted by Gasteiger charge is -2.19. The summed E-state index contributed by atoms with van der Waals surface area (Å²) in [4.78, 5) is 17.0. The predicted molar refractivity (Wildman–Crippen MR) is 118 cm³/mol. The number of hydrogen-bond donors (Lipinski definition) is 0. The lowest BCUT2D eigenvalue weighted by atomic mass is 9.86. The summed E-state index contributed by atoms with van der Waals surface area (Å²) < 4.78 is 0. The lowest BCUT2D eigenvalue weighted by molar-refractivity contribution is -0.131. The Morgan fingerprint density at radius 2 is 1.90 bits per heavy atom. The van der Waals surface area contributed by atoms with Crippen LogP contribution in [0.5, 0.6) is 0 Å². The molecule has 1 amide bonds. The quantitative estimate of drug-likeness (QED) is 0.462. The molecule has 2 aromatic carbocycles. The van der Waals surface area contributed by atoms with Crippen molar-refractivity contribution in [3.05, 3.63) is 77.6 Å². The highest BCUT2D eigenvalue weighted by atomic mass is 16.2. The summed E-state index contributed by atoms with van der Waals surface area (Å²) in [5, 5.41) is 8.04. The van der Waals surface area contributed by atoms with Gasteiger partial charge in [0.15, 0.2) is 0 Å². The molecule has 29 heavy (non-hydrogen) atoms. The molecule has 0 saturated heterocycles. The molecular weight excluding hydrogens is 358 g/mol. The van der Waals surface area contributed by atoms with Crippen molar-refractivity contribution in [3.63, 3.8) is 0 Å². The number of carbonyl (C=O) groups excluding carboxylic acids is 1. The molecule has 1 saturated carbocycles. The summed E-state index contributed by atoms with van der Waals surface area (Å²) in [5.74, 6) is 0.403. The molecule has 2 atom stereocenters. The van der Waals surface area contributed by atoms with Crippen LogP contribution in [0, 0.1) is 5.92 Å². The first-order chi connectivity index (χ1) is 13.8. The Morgan fingerprint density at radius 3 is 2.62 bits per heavy atom. The molecule has 1 aliphatic carbocycles. The van der Waals surface area contributed by atoms with E-state index in [0.717, 1.165) is 22.8 Å². The van der Waals surface area contributed by atoms with Gasteiger partial charge in [-0.25, -0.2) is 5.01 Å². The van der Waals surface area contributed by atoms with Crippen LogP contribution in [0.2, 0.25) is 0 Å². The minimum absolute atomic E-state index is 0.0226. The number of rotatable bonds is 4. The Labute approximate surface area is 172 Å². The summed E-state index contributed by atoms with van der Waals surface area (Å²) in [6.07, 6.45) is 6.26. The average molecular weight is 386 g/mol. The number of hydrogen-bond acceptors (Lipinski definition) is 3. The SMILES string of the molecule is CN(N=Cc1cccc2cnccc12)C(=O)C1CC1c1ccc(C(C)(C)C)cc1. The molecule has 4 nitrogen and oxygen atoms in total. The molecule has 2 unspecified atom stereocenters. The Morgan fingerprint density at radius 1 is 1.14 bits per heavy atom. The molecule has 148 valence electrons. The maximum atomic E-state index is 12.8. The van der Waals surface area contributed by atoms with Crippen LogP contribution in [-0.4, -0.2) is 29.2 Å². The fourth-order valence-corrected chi connectivity index (χ4v) is 3.77. The van der Waals surface area contributed by atoms with Crippen molar-refractivity contribution in [1.29, 1.82) is 0 Å². The highest BCUT2D eigenvalue weighted by Gasteiger charge is 2.45. The third kappa shape index (κ3) is 4.07. The summed E-state index contributed by atoms with van der Waals surface area (Å²) in [5.41, 5.74) is 3.69. The van der Waals surface area contributed by atoms with Gasteiger partial charge in [0.05, 0.1) is 6.21 Å². The second kappa shape index (κ2) is 7.43. The van der Waals surface area contributed by atoms with Crippen LogP contribution in [0.4, 0.5) is 0 Å². The fourth-order valence-electron chi connectivity index (χ4n) is 3.77. The summed E-state index contributed by atoms with van der Waals surface area (Å²) in [6.45, 7) is 6.64. The van der Waals surface area contributed by atoms with Gasteiger partial charge in [-0.1, -0.05) is 63.2 Å². The smallest absolute Gasteiger partial charge is 0.246 e. The van der Waals surface area contributed by atoms with Gasteiger partial charge in [-0.05, 0) is 40.3 Å². The van der Waals surface area contributed by atoms with Crippen molar-refractivity contribution in [2.45, 2.75) is 38.5 Å². The van der Waals surface area contributed by atoms with E-state index >= 15 is 0 Å². The molecule has 1 fully saturated rings. The van der Waals surface area contributed by atoms with Gasteiger partial charge < -0.3 is 0 Å². The van der Waals surface area contributed by atoms with E-state index < -0.39 is 0 Å². The van der Waals surface area contributed by atoms with E-state index in [4.69, 9.17) is 0 Å². The average Bonchev–Trinajstić information content (AvgIpc) is 3.51. The van der Waals surface area contributed by atoms with Crippen molar-refractivity contribution < 1.29 is 4.79 Å². The molecule has 0 bridgehead atoms. The first-order valence-electron chi connectivity index (χ1n) is 10.1. The van der Waals surface area contributed by atoms with E-state index in [9.17, 15) is 4.79 Å². The third-order valence-electron chi connectivity index (χ3n) is 5.72. The van der Waals surface area contributed by atoms with Crippen molar-refractivity contribution in [2.75, 3.05) is 7.05 Å². The Hall–Kier alpha value is -3.01. The molecule has 1 aliphatic rings. The van der Waals surface area contributed by atoms with Crippen LogP contribution in [-0.2, 0) is 10.2 Å². The Kier molecular flexibility index (Phi) is 4.95. The van der Waals surface area contributed by atoms with Crippen LogP contribution in [0.25, 0.3) is 10.8 Å². The molecule has 0 aliphatic heterocycles. The monoisotopic (exact) mass is 385 g/mol. The van der Waals surface area contributed by atoms with E-state index in [0.29, 0.717) is 5.92 Å². The van der Waals surface area contributed by atoms with E-state index in [1.54, 1.807) is 19.5 Å². The zero-order valence-electron chi connectivity index (χ0n) is 17.5. The molecule has 1 heterocycles. The Balaban J connectivity index is 1.43. The van der Waals surface area contributed by atoms with Gasteiger partial charge in [0.25, 0.3) is 0 Å². The van der Waals surface area contributed by atoms with E-state index in [1.807, 2.05) is 30.5 Å². The number of amides is 1. The van der Waals surface area contributed by atoms with Crippen molar-refractivity contribution in [1.82, 2.24) is 9.99 Å². The second-order valence-electron chi connectivity index (χ2n) is 8.87. The number of pyridine rings is 1. The first kappa shape index (κ1) is 19.3. The van der Waals surface area contributed by atoms with Crippen LogP contribution in [0.1, 0.15) is 49.8 Å². The molecule has 0 radical (unpaired) electrons. The summed E-state index contributed by atoms with van der Waals surface area (Å²) in [7, 11) is 1.74. The van der Waals surface area contributed by atoms with Crippen LogP contribution >= 0.6 is 0 Å². The normalized spacial score (nSPS) is 18.9. The maximum absolute atomic E-state index is 12.8. The van der Waals surface area contributed by atoms with Gasteiger partial charge in [0.1, 0.15) is 0 Å². The molecule has 0 N–H and O–H groups in total. The van der Waals surface area contributed by atoms with Crippen LogP contribution < -0.4 is 0 Å². The number of fused-ring (bicyclic) bond motifs is 1. The lowest BCUT2D eigenvalue weighted by Crippen LogP contribution is -2.23. The van der Waals surface area contributed by atoms with E-state index in [2.05, 4.69) is 55.1 Å². The summed E-state index contributed by atoms with van der Waals surface area (Å²) in [6, 6.07) is 16.7. The molecule has 4 rings (SSSR count). The van der Waals surface area contributed by atoms with Crippen molar-refractivity contribution in [3.8, 4) is 0 Å². The fraction of sp³-hybridized carbons (Fsp3) is 0.320. The zero-order valence-corrected chi connectivity index (χ0v) is 17.5. The molecule has 1 aromatic heterocycles. The highest BCUT2D eigenvalue weighted by molar-refractivity contribution is 5.99. The van der Waals surface area contributed by atoms with Gasteiger partial charge in [0.2, 0.25) is 5.91 Å². The maximum Gasteiger partial charge on any atom is 0.246 e. The van der Waals surface area contributed by atoms with Crippen molar-refractivity contribution >= 4 is 22.9 Å². The summed E-state index contributed by atoms with van der Waals surface area (Å²) >= 11 is 0. The number of hydrazone groups is 1. The number of nitrogens with zero attached hydrogens (tertiary/aromatic N) is 3. The minimum atomic E-state index is 0.0226. The standard InChI is InChI=1S/C25H27N3O/c1-25(2,3)20-10-8-17(9-11-20)22-14-23(22)24(29)28(4)27-16-19-7-5-6-18-15-26-13-12-21(18)19/h5-13,15-16,22-23H,14H2,1-4H3. The largest absolute Gasteiger partial charge is 0.273 e. The second-order valence-corrected chi connectivity index (χ2v) is 8.87. The molecule has 4 heteroatoms. The zero-order chi connectivity index (χ0) is 20.6. The minimum Gasteiger partial charge on any atom is -0.273 e. The van der Waals surface area contributed by atoms with Crippen LogP contribution in [0.3, 0.4) is 0 Å². The van der Waals surface area contributed by atoms with Crippen molar-refractivity contribution in [2.24, 2.45) is 11.0 Å². The predicted octanol–water partition coefficient (Wildman–Crippen LogP) is 5.13. The van der Waals surface area contributed by atoms with Gasteiger partial charge >= 0.3 is 0 Å². The molecular formula is C25H27N3O. The van der Waals surface area contributed by atoms with Crippen LogP contribution in [0.15, 0.2) is 66.0 Å².